The average molecular weight is 285 g/mol. The molecule has 19 heavy (non-hydrogen) atoms. The van der Waals surface area contributed by atoms with Gasteiger partial charge in [-0.2, -0.15) is 0 Å². The molecule has 0 heterocycles. The molecule has 0 radical (unpaired) electrons. The number of amides is 1. The fourth-order valence-corrected chi connectivity index (χ4v) is 5.08. The number of carbonyl (C=O) groups excluding carboxylic acids is 1. The molecule has 0 aromatic rings. The van der Waals surface area contributed by atoms with Gasteiger partial charge in [0, 0.05) is 12.5 Å². The minimum absolute atomic E-state index is 0. The minimum Gasteiger partial charge on any atom is -0.349 e. The monoisotopic (exact) mass is 284 g/mol. The van der Waals surface area contributed by atoms with Crippen LogP contribution in [0.5, 0.6) is 0 Å². The van der Waals surface area contributed by atoms with E-state index in [9.17, 15) is 4.79 Å². The van der Waals surface area contributed by atoms with Gasteiger partial charge in [-0.25, -0.2) is 0 Å². The lowest BCUT2D eigenvalue weighted by molar-refractivity contribution is -0.125. The first-order valence-corrected chi connectivity index (χ1v) is 7.66. The van der Waals surface area contributed by atoms with Gasteiger partial charge in [-0.1, -0.05) is 0 Å². The summed E-state index contributed by atoms with van der Waals surface area (Å²) in [5.41, 5.74) is 5.75. The predicted molar refractivity (Wildman–Crippen MR) is 76.9 cm³/mol. The molecular weight excluding hydrogens is 260 g/mol. The number of halogens is 1. The number of rotatable bonds is 4. The SMILES string of the molecule is CC(CN)(NC(=O)C1C2C3CCC(C3)C12)C1CC1.Cl. The zero-order valence-electron chi connectivity index (χ0n) is 11.6. The normalized spacial score (nSPS) is 45.1. The minimum atomic E-state index is -0.132. The lowest BCUT2D eigenvalue weighted by atomic mass is 9.94. The van der Waals surface area contributed by atoms with Crippen LogP contribution in [0.15, 0.2) is 0 Å². The van der Waals surface area contributed by atoms with Gasteiger partial charge in [-0.05, 0) is 68.6 Å². The molecule has 4 heteroatoms. The third-order valence-electron chi connectivity index (χ3n) is 6.35. The molecule has 0 aromatic carbocycles. The van der Waals surface area contributed by atoms with Gasteiger partial charge in [-0.3, -0.25) is 4.79 Å². The van der Waals surface area contributed by atoms with Crippen LogP contribution in [0.3, 0.4) is 0 Å². The Hall–Kier alpha value is -0.280. The highest BCUT2D eigenvalue weighted by atomic mass is 35.5. The van der Waals surface area contributed by atoms with Crippen LogP contribution >= 0.6 is 12.4 Å². The van der Waals surface area contributed by atoms with Gasteiger partial charge in [0.05, 0.1) is 5.54 Å². The summed E-state index contributed by atoms with van der Waals surface area (Å²) in [7, 11) is 0. The Morgan fingerprint density at radius 1 is 1.21 bits per heavy atom. The molecule has 5 unspecified atom stereocenters. The van der Waals surface area contributed by atoms with Crippen LogP contribution < -0.4 is 11.1 Å². The van der Waals surface area contributed by atoms with E-state index in [1.165, 1.54) is 32.1 Å². The van der Waals surface area contributed by atoms with Crippen LogP contribution in [0.1, 0.15) is 39.0 Å². The van der Waals surface area contributed by atoms with Gasteiger partial charge >= 0.3 is 0 Å². The predicted octanol–water partition coefficient (Wildman–Crippen LogP) is 1.94. The highest BCUT2D eigenvalue weighted by Gasteiger charge is 2.67. The van der Waals surface area contributed by atoms with Crippen molar-refractivity contribution < 1.29 is 4.79 Å². The second-order valence-corrected chi connectivity index (χ2v) is 7.40. The van der Waals surface area contributed by atoms with Crippen LogP contribution in [0.2, 0.25) is 0 Å². The molecule has 108 valence electrons. The quantitative estimate of drug-likeness (QED) is 0.829. The van der Waals surface area contributed by atoms with Crippen LogP contribution in [0.4, 0.5) is 0 Å². The van der Waals surface area contributed by atoms with E-state index in [0.717, 1.165) is 23.7 Å². The molecule has 1 amide bonds. The van der Waals surface area contributed by atoms with Crippen molar-refractivity contribution in [3.05, 3.63) is 0 Å². The number of nitrogens with one attached hydrogen (secondary N) is 1. The van der Waals surface area contributed by atoms with Crippen molar-refractivity contribution in [1.82, 2.24) is 5.32 Å². The smallest absolute Gasteiger partial charge is 0.224 e. The van der Waals surface area contributed by atoms with E-state index in [0.29, 0.717) is 24.3 Å². The molecular formula is C15H25ClN2O. The van der Waals surface area contributed by atoms with Crippen LogP contribution in [0, 0.1) is 35.5 Å². The molecule has 4 aliphatic carbocycles. The van der Waals surface area contributed by atoms with Gasteiger partial charge in [0.2, 0.25) is 5.91 Å². The molecule has 4 aliphatic rings. The number of hydrogen-bond donors (Lipinski definition) is 2. The Bertz CT molecular complexity index is 382. The van der Waals surface area contributed by atoms with Gasteiger partial charge in [0.1, 0.15) is 0 Å². The van der Waals surface area contributed by atoms with Crippen molar-refractivity contribution in [2.45, 2.75) is 44.6 Å². The first-order valence-electron chi connectivity index (χ1n) is 7.66. The maximum absolute atomic E-state index is 12.5. The molecule has 3 nitrogen and oxygen atoms in total. The Morgan fingerprint density at radius 2 is 1.79 bits per heavy atom. The summed E-state index contributed by atoms with van der Waals surface area (Å²) in [6.45, 7) is 2.72. The summed E-state index contributed by atoms with van der Waals surface area (Å²) >= 11 is 0. The van der Waals surface area contributed by atoms with Crippen molar-refractivity contribution in [2.24, 2.45) is 41.2 Å². The molecule has 4 saturated carbocycles. The van der Waals surface area contributed by atoms with Crippen molar-refractivity contribution in [1.29, 1.82) is 0 Å². The maximum atomic E-state index is 12.5. The Morgan fingerprint density at radius 3 is 2.26 bits per heavy atom. The Balaban J connectivity index is 0.00000110. The van der Waals surface area contributed by atoms with Crippen LogP contribution in [0.25, 0.3) is 0 Å². The molecule has 3 N–H and O–H groups in total. The van der Waals surface area contributed by atoms with Crippen molar-refractivity contribution in [2.75, 3.05) is 6.54 Å². The van der Waals surface area contributed by atoms with Gasteiger partial charge in [-0.15, -0.1) is 12.4 Å². The summed E-state index contributed by atoms with van der Waals surface area (Å²) in [5, 5.41) is 3.30. The zero-order chi connectivity index (χ0) is 12.5. The van der Waals surface area contributed by atoms with Crippen LogP contribution in [-0.4, -0.2) is 18.0 Å². The Labute approximate surface area is 121 Å². The fourth-order valence-electron chi connectivity index (χ4n) is 5.08. The molecule has 0 saturated heterocycles. The van der Waals surface area contributed by atoms with E-state index in [1.807, 2.05) is 0 Å². The highest BCUT2D eigenvalue weighted by molar-refractivity contribution is 5.85. The summed E-state index contributed by atoms with van der Waals surface area (Å²) < 4.78 is 0. The number of fused-ring (bicyclic) bond motifs is 5. The molecule has 0 spiro atoms. The first kappa shape index (κ1) is 13.7. The van der Waals surface area contributed by atoms with E-state index in [4.69, 9.17) is 5.73 Å². The topological polar surface area (TPSA) is 55.1 Å². The zero-order valence-corrected chi connectivity index (χ0v) is 12.4. The average Bonchev–Trinajstić information content (AvgIpc) is 3.27. The van der Waals surface area contributed by atoms with E-state index in [2.05, 4.69) is 12.2 Å². The Kier molecular flexibility index (Phi) is 3.14. The number of hydrogen-bond acceptors (Lipinski definition) is 2. The van der Waals surface area contributed by atoms with E-state index < -0.39 is 0 Å². The van der Waals surface area contributed by atoms with Crippen molar-refractivity contribution >= 4 is 18.3 Å². The molecule has 4 fully saturated rings. The lowest BCUT2D eigenvalue weighted by Gasteiger charge is -2.30. The van der Waals surface area contributed by atoms with Gasteiger partial charge in [0.15, 0.2) is 0 Å². The largest absolute Gasteiger partial charge is 0.349 e. The number of carbonyl (C=O) groups is 1. The maximum Gasteiger partial charge on any atom is 0.224 e. The highest BCUT2D eigenvalue weighted by Crippen LogP contribution is 2.69. The summed E-state index contributed by atoms with van der Waals surface area (Å²) in [6.07, 6.45) is 6.64. The van der Waals surface area contributed by atoms with Gasteiger partial charge < -0.3 is 11.1 Å². The molecule has 5 atom stereocenters. The molecule has 0 aromatic heterocycles. The summed E-state index contributed by atoms with van der Waals surface area (Å²) in [6, 6.07) is 0. The van der Waals surface area contributed by atoms with Crippen LogP contribution in [-0.2, 0) is 4.79 Å². The molecule has 4 rings (SSSR count). The van der Waals surface area contributed by atoms with E-state index >= 15 is 0 Å². The van der Waals surface area contributed by atoms with Gasteiger partial charge in [0.25, 0.3) is 0 Å². The number of nitrogens with two attached hydrogens (primary N) is 1. The van der Waals surface area contributed by atoms with Crippen molar-refractivity contribution in [3.63, 3.8) is 0 Å². The van der Waals surface area contributed by atoms with E-state index in [1.54, 1.807) is 0 Å². The third kappa shape index (κ3) is 1.92. The van der Waals surface area contributed by atoms with Crippen molar-refractivity contribution in [3.8, 4) is 0 Å². The van der Waals surface area contributed by atoms with E-state index in [-0.39, 0.29) is 17.9 Å². The third-order valence-corrected chi connectivity index (χ3v) is 6.35. The second-order valence-electron chi connectivity index (χ2n) is 7.40. The second kappa shape index (κ2) is 4.36. The molecule has 2 bridgehead atoms. The first-order chi connectivity index (χ1) is 8.64. The summed E-state index contributed by atoms with van der Waals surface area (Å²) in [5.74, 6) is 4.53. The summed E-state index contributed by atoms with van der Waals surface area (Å²) in [4.78, 5) is 12.5. The molecule has 0 aliphatic heterocycles. The fraction of sp³-hybridized carbons (Fsp3) is 0.933. The lowest BCUT2D eigenvalue weighted by Crippen LogP contribution is -2.54. The standard InChI is InChI=1S/C15H24N2O.ClH/c1-15(7-16,10-4-5-10)17-14(18)13-11-8-2-3-9(6-8)12(11)13;/h8-13H,2-7,16H2,1H3,(H,17,18);1H.